The molecule has 10 atom stereocenters. The van der Waals surface area contributed by atoms with E-state index in [1.807, 2.05) is 97.1 Å². The number of benzene rings is 12. The van der Waals surface area contributed by atoms with Gasteiger partial charge in [-0.3, -0.25) is 0 Å². The first-order valence-corrected chi connectivity index (χ1v) is 41.2. The molecular weight excluding hydrogens is 1440 g/mol. The van der Waals surface area contributed by atoms with Crippen LogP contribution in [0.15, 0.2) is 357 Å². The number of nitrogens with zero attached hydrogens (tertiary/aromatic N) is 6. The summed E-state index contributed by atoms with van der Waals surface area (Å²) in [5.41, 5.74) is 27.0. The molecule has 14 aromatic rings. The molecule has 1 saturated heterocycles. The van der Waals surface area contributed by atoms with E-state index in [1.165, 1.54) is 111 Å². The van der Waals surface area contributed by atoms with Gasteiger partial charge in [-0.15, -0.1) is 0 Å². The average Bonchev–Trinajstić information content (AvgIpc) is 1.50. The van der Waals surface area contributed by atoms with Gasteiger partial charge in [-0.2, -0.15) is 9.97 Å². The van der Waals surface area contributed by atoms with Gasteiger partial charge in [0.1, 0.15) is 0 Å². The second-order valence-corrected chi connectivity index (χ2v) is 34.0. The van der Waals surface area contributed by atoms with E-state index < -0.39 is 0 Å². The van der Waals surface area contributed by atoms with Crippen molar-refractivity contribution in [3.8, 4) is 112 Å². The van der Waals surface area contributed by atoms with Gasteiger partial charge in [-0.1, -0.05) is 340 Å². The van der Waals surface area contributed by atoms with E-state index >= 15 is 0 Å². The van der Waals surface area contributed by atoms with Crippen LogP contribution in [-0.4, -0.2) is 48.2 Å². The molecule has 12 aromatic carbocycles. The third-order valence-corrected chi connectivity index (χ3v) is 27.8. The van der Waals surface area contributed by atoms with E-state index in [0.29, 0.717) is 58.7 Å². The van der Waals surface area contributed by atoms with Crippen molar-refractivity contribution in [1.29, 1.82) is 0 Å². The summed E-state index contributed by atoms with van der Waals surface area (Å²) in [5.74, 6) is 5.79. The molecule has 2 spiro atoms. The molecule has 3 fully saturated rings. The molecule has 116 heavy (non-hydrogen) atoms. The van der Waals surface area contributed by atoms with Crippen LogP contribution in [0.3, 0.4) is 0 Å². The summed E-state index contributed by atoms with van der Waals surface area (Å²) in [6.45, 7) is 8.59. The van der Waals surface area contributed by atoms with Crippen molar-refractivity contribution in [1.82, 2.24) is 29.9 Å². The van der Waals surface area contributed by atoms with Gasteiger partial charge in [0.2, 0.25) is 5.28 Å². The van der Waals surface area contributed by atoms with Crippen molar-refractivity contribution in [3.05, 3.63) is 391 Å². The third kappa shape index (κ3) is 10.1. The van der Waals surface area contributed by atoms with Crippen LogP contribution in [0, 0.1) is 47.3 Å². The zero-order valence-electron chi connectivity index (χ0n) is 64.6. The minimum absolute atomic E-state index is 0.175. The fourth-order valence-corrected chi connectivity index (χ4v) is 22.4. The predicted molar refractivity (Wildman–Crippen MR) is 470 cm³/mol. The van der Waals surface area contributed by atoms with Crippen LogP contribution < -0.4 is 0 Å². The molecule has 2 aromatic heterocycles. The van der Waals surface area contributed by atoms with Crippen LogP contribution in [-0.2, 0) is 20.1 Å². The summed E-state index contributed by atoms with van der Waals surface area (Å²) in [4.78, 5) is 28.2. The lowest BCUT2D eigenvalue weighted by molar-refractivity contribution is 0.00578. The zero-order valence-corrected chi connectivity index (χ0v) is 65.3. The standard InChI is InChI=1S/C50H33N3.C41H35BO2.C15H10ClN3/c1-3-14-30(15-4-1)47-51-48(31-16-5-2-6-17-31)53-49(52-47)32-26-27-36-35-20-9-11-24-41(35)50(43(36)28-32)42-25-12-10-21-38(42)46-39-23-13-22-37-33-18-7-8-19-34(33)40(45(37)39)29-44(46)50;1-39(2)40(3,4)44-42(43-39)24-20-21-28-27-14-7-9-18-33(27)41(35(28)22-24)34-19-10-8-15-30(34)38-31-17-11-16-29-25-12-5-6-13-26(25)32(37(29)31)23-36(38)41;16-15-18-13(11-7-3-1-4-8-11)17-14(19-15)12-9-5-2-6-10-12/h1-29,35-36,41,43H;5-23,27-28,33,35H,1-4H3;1-10H. The van der Waals surface area contributed by atoms with Crippen molar-refractivity contribution >= 4 is 45.8 Å². The lowest BCUT2D eigenvalue weighted by Crippen LogP contribution is -2.41. The molecule has 554 valence electrons. The van der Waals surface area contributed by atoms with E-state index in [-0.39, 0.29) is 52.2 Å². The molecule has 3 heterocycles. The van der Waals surface area contributed by atoms with Crippen LogP contribution in [0.2, 0.25) is 5.28 Å². The van der Waals surface area contributed by atoms with E-state index in [1.54, 1.807) is 0 Å². The maximum Gasteiger partial charge on any atom is 0.494 e. The highest BCUT2D eigenvalue weighted by molar-refractivity contribution is 6.55. The Morgan fingerprint density at radius 2 is 0.647 bits per heavy atom. The van der Waals surface area contributed by atoms with Gasteiger partial charge in [-0.25, -0.2) is 19.9 Å². The molecule has 0 N–H and O–H groups in total. The van der Waals surface area contributed by atoms with Gasteiger partial charge < -0.3 is 9.31 Å². The van der Waals surface area contributed by atoms with Gasteiger partial charge in [0.15, 0.2) is 29.1 Å². The first kappa shape index (κ1) is 68.9. The normalized spacial score (nSPS) is 23.9. The highest BCUT2D eigenvalue weighted by atomic mass is 35.5. The summed E-state index contributed by atoms with van der Waals surface area (Å²) in [6.07, 6.45) is 33.7. The molecule has 25 rings (SSSR count). The maximum absolute atomic E-state index is 6.63. The first-order valence-electron chi connectivity index (χ1n) is 40.8. The van der Waals surface area contributed by atoms with E-state index in [0.717, 1.165) is 33.3 Å². The monoisotopic (exact) mass is 1510 g/mol. The molecule has 2 saturated carbocycles. The van der Waals surface area contributed by atoms with Crippen LogP contribution >= 0.6 is 11.6 Å². The summed E-state index contributed by atoms with van der Waals surface area (Å²) < 4.78 is 13.3. The van der Waals surface area contributed by atoms with Crippen molar-refractivity contribution in [2.75, 3.05) is 0 Å². The Labute approximate surface area is 680 Å². The number of hydrogen-bond acceptors (Lipinski definition) is 8. The Morgan fingerprint density at radius 3 is 1.09 bits per heavy atom. The summed E-state index contributed by atoms with van der Waals surface area (Å²) in [6, 6.07) is 95.5. The molecule has 10 heteroatoms. The second-order valence-electron chi connectivity index (χ2n) is 33.6. The van der Waals surface area contributed by atoms with Gasteiger partial charge in [0, 0.05) is 38.7 Å². The Bertz CT molecular complexity index is 6630. The molecule has 0 radical (unpaired) electrons. The molecular formula is C106H78BClN6O2. The van der Waals surface area contributed by atoms with Crippen LogP contribution in [0.4, 0.5) is 0 Å². The lowest BCUT2D eigenvalue weighted by Gasteiger charge is -2.39. The SMILES string of the molecule is C1=CC2C3C=CC(c4nc(-c5ccccc5)nc(-c5ccccc5)n4)=CC3C3(c4ccccc4-c4c3cc3c5c(cccc45)-c4ccccc4-3)C2C=C1.CC1(C)OB(C2=CC3C(C=C2)C2C=CC=CC2C32c3ccccc3-c3c2cc2c4c(cccc34)-c3ccccc3-2)OC1(C)C.Clc1nc(-c2ccccc2)nc(-c2ccccc2)n1. The van der Waals surface area contributed by atoms with Gasteiger partial charge in [0.05, 0.1) is 11.2 Å². The van der Waals surface area contributed by atoms with Gasteiger partial charge >= 0.3 is 7.12 Å². The van der Waals surface area contributed by atoms with E-state index in [2.05, 4.69) is 298 Å². The van der Waals surface area contributed by atoms with E-state index in [4.69, 9.17) is 35.9 Å². The van der Waals surface area contributed by atoms with Crippen LogP contribution in [0.5, 0.6) is 0 Å². The molecule has 1 aliphatic heterocycles. The van der Waals surface area contributed by atoms with Crippen LogP contribution in [0.1, 0.15) is 55.8 Å². The van der Waals surface area contributed by atoms with Gasteiger partial charge in [0.25, 0.3) is 0 Å². The molecule has 0 bridgehead atoms. The van der Waals surface area contributed by atoms with Gasteiger partial charge in [-0.05, 0) is 215 Å². The molecule has 0 amide bonds. The molecule has 8 nitrogen and oxygen atoms in total. The highest BCUT2D eigenvalue weighted by Gasteiger charge is 2.66. The Hall–Kier alpha value is -12.6. The number of aromatic nitrogens is 6. The number of hydrogen-bond donors (Lipinski definition) is 0. The fraction of sp³-hybridized carbons (Fsp3) is 0.151. The van der Waals surface area contributed by atoms with Crippen molar-refractivity contribution in [3.63, 3.8) is 0 Å². The average molecular weight is 1510 g/mol. The lowest BCUT2D eigenvalue weighted by atomic mass is 9.61. The van der Waals surface area contributed by atoms with Crippen molar-refractivity contribution < 1.29 is 9.31 Å². The molecule has 10 unspecified atom stereocenters. The second kappa shape index (κ2) is 26.2. The first-order chi connectivity index (χ1) is 56.9. The predicted octanol–water partition coefficient (Wildman–Crippen LogP) is 24.9. The largest absolute Gasteiger partial charge is 0.494 e. The minimum Gasteiger partial charge on any atom is -0.399 e. The fourth-order valence-electron chi connectivity index (χ4n) is 22.2. The highest BCUT2D eigenvalue weighted by Crippen LogP contribution is 2.72. The number of fused-ring (bicyclic) bond motifs is 28. The molecule has 10 aliphatic carbocycles. The quantitative estimate of drug-likeness (QED) is 0.152. The summed E-state index contributed by atoms with van der Waals surface area (Å²) in [5, 5.41) is 5.73. The Balaban J connectivity index is 0.000000113. The van der Waals surface area contributed by atoms with E-state index in [9.17, 15) is 0 Å². The van der Waals surface area contributed by atoms with Crippen molar-refractivity contribution in [2.24, 2.45) is 47.3 Å². The van der Waals surface area contributed by atoms with Crippen LogP contribution in [0.25, 0.3) is 139 Å². The van der Waals surface area contributed by atoms with Crippen molar-refractivity contribution in [2.45, 2.75) is 49.7 Å². The topological polar surface area (TPSA) is 95.8 Å². The number of allylic oxidation sites excluding steroid dienone is 16. The smallest absolute Gasteiger partial charge is 0.399 e. The molecule has 11 aliphatic rings. The summed E-state index contributed by atoms with van der Waals surface area (Å²) >= 11 is 5.99. The zero-order chi connectivity index (χ0) is 77.3. The number of rotatable bonds is 6. The summed E-state index contributed by atoms with van der Waals surface area (Å²) in [7, 11) is -0.372. The number of halogens is 1. The minimum atomic E-state index is -0.378. The third-order valence-electron chi connectivity index (χ3n) is 27.6. The Kier molecular flexibility index (Phi) is 15.6. The Morgan fingerprint density at radius 1 is 0.302 bits per heavy atom. The maximum atomic E-state index is 6.63.